The fourth-order valence-corrected chi connectivity index (χ4v) is 3.46. The molecule has 2 aliphatic heterocycles. The lowest BCUT2D eigenvalue weighted by Crippen LogP contribution is -2.49. The molecule has 2 fully saturated rings. The van der Waals surface area contributed by atoms with E-state index in [1.807, 2.05) is 36.9 Å². The van der Waals surface area contributed by atoms with Gasteiger partial charge in [0.15, 0.2) is 6.61 Å². The summed E-state index contributed by atoms with van der Waals surface area (Å²) in [6.45, 7) is 6.04. The zero-order chi connectivity index (χ0) is 18.5. The summed E-state index contributed by atoms with van der Waals surface area (Å²) in [5.41, 5.74) is 2.22. The minimum absolute atomic E-state index is 0.00481. The molecule has 1 aromatic rings. The number of piperidine rings is 1. The van der Waals surface area contributed by atoms with Crippen LogP contribution in [0.3, 0.4) is 0 Å². The molecule has 2 saturated heterocycles. The molecule has 0 aromatic heterocycles. The minimum Gasteiger partial charge on any atom is -0.483 e. The van der Waals surface area contributed by atoms with E-state index in [1.165, 1.54) is 0 Å². The molecule has 1 N–H and O–H groups in total. The normalized spacial score (nSPS) is 20.8. The van der Waals surface area contributed by atoms with E-state index < -0.39 is 0 Å². The number of hydrogen-bond donors (Lipinski definition) is 1. The number of carbonyl (C=O) groups excluding carboxylic acids is 2. The number of carbonyl (C=O) groups is 2. The lowest BCUT2D eigenvalue weighted by atomic mass is 10.0. The van der Waals surface area contributed by atoms with Crippen LogP contribution in [-0.4, -0.2) is 55.2 Å². The SMILES string of the molecule is Cc1cccc(OCC(=O)N2CCC(NC(=O)C3CCCO3)CC2)c1C. The first-order chi connectivity index (χ1) is 12.5. The molecule has 26 heavy (non-hydrogen) atoms. The van der Waals surface area contributed by atoms with Crippen LogP contribution in [0.1, 0.15) is 36.8 Å². The predicted octanol–water partition coefficient (Wildman–Crippen LogP) is 1.97. The quantitative estimate of drug-likeness (QED) is 0.872. The number of likely N-dealkylation sites (tertiary alicyclic amines) is 1. The van der Waals surface area contributed by atoms with E-state index in [9.17, 15) is 9.59 Å². The standard InChI is InChI=1S/C20H28N2O4/c1-14-5-3-6-17(15(14)2)26-13-19(23)22-10-8-16(9-11-22)21-20(24)18-7-4-12-25-18/h3,5-6,16,18H,4,7-13H2,1-2H3,(H,21,24). The van der Waals surface area contributed by atoms with Crippen LogP contribution in [0.2, 0.25) is 0 Å². The Morgan fingerprint density at radius 1 is 1.23 bits per heavy atom. The minimum atomic E-state index is -0.291. The lowest BCUT2D eigenvalue weighted by molar-refractivity contribution is -0.135. The highest BCUT2D eigenvalue weighted by Crippen LogP contribution is 2.21. The van der Waals surface area contributed by atoms with Crippen LogP contribution in [0.25, 0.3) is 0 Å². The third-order valence-corrected chi connectivity index (χ3v) is 5.32. The summed E-state index contributed by atoms with van der Waals surface area (Å²) in [5, 5.41) is 3.06. The number of hydrogen-bond acceptors (Lipinski definition) is 4. The molecule has 1 unspecified atom stereocenters. The number of rotatable bonds is 5. The Morgan fingerprint density at radius 3 is 2.69 bits per heavy atom. The fraction of sp³-hybridized carbons (Fsp3) is 0.600. The average molecular weight is 360 g/mol. The zero-order valence-electron chi connectivity index (χ0n) is 15.6. The van der Waals surface area contributed by atoms with E-state index in [4.69, 9.17) is 9.47 Å². The Balaban J connectivity index is 1.42. The highest BCUT2D eigenvalue weighted by molar-refractivity contribution is 5.81. The van der Waals surface area contributed by atoms with Gasteiger partial charge in [-0.15, -0.1) is 0 Å². The molecule has 0 spiro atoms. The summed E-state index contributed by atoms with van der Waals surface area (Å²) in [6.07, 6.45) is 3.01. The molecule has 1 atom stereocenters. The summed E-state index contributed by atoms with van der Waals surface area (Å²) in [7, 11) is 0. The van der Waals surface area contributed by atoms with Crippen LogP contribution in [-0.2, 0) is 14.3 Å². The molecule has 2 amide bonds. The summed E-state index contributed by atoms with van der Waals surface area (Å²) >= 11 is 0. The number of nitrogens with zero attached hydrogens (tertiary/aromatic N) is 1. The molecule has 0 saturated carbocycles. The number of ether oxygens (including phenoxy) is 2. The van der Waals surface area contributed by atoms with E-state index in [0.717, 1.165) is 42.6 Å². The fourth-order valence-electron chi connectivity index (χ4n) is 3.46. The summed E-state index contributed by atoms with van der Waals surface area (Å²) < 4.78 is 11.1. The van der Waals surface area contributed by atoms with Crippen LogP contribution < -0.4 is 10.1 Å². The van der Waals surface area contributed by atoms with Gasteiger partial charge in [-0.2, -0.15) is 0 Å². The first-order valence-corrected chi connectivity index (χ1v) is 9.43. The van der Waals surface area contributed by atoms with Gasteiger partial charge in [-0.1, -0.05) is 12.1 Å². The van der Waals surface area contributed by atoms with Crippen LogP contribution in [0.4, 0.5) is 0 Å². The maximum atomic E-state index is 12.4. The van der Waals surface area contributed by atoms with Gasteiger partial charge in [-0.05, 0) is 56.7 Å². The Labute approximate surface area is 154 Å². The molecule has 2 aliphatic rings. The van der Waals surface area contributed by atoms with Crippen molar-refractivity contribution in [2.75, 3.05) is 26.3 Å². The summed E-state index contributed by atoms with van der Waals surface area (Å²) in [4.78, 5) is 26.3. The van der Waals surface area contributed by atoms with Crippen molar-refractivity contribution < 1.29 is 19.1 Å². The molecule has 142 valence electrons. The molecular weight excluding hydrogens is 332 g/mol. The molecule has 6 heteroatoms. The van der Waals surface area contributed by atoms with Gasteiger partial charge in [-0.25, -0.2) is 0 Å². The van der Waals surface area contributed by atoms with Gasteiger partial charge < -0.3 is 19.7 Å². The molecule has 2 heterocycles. The van der Waals surface area contributed by atoms with Gasteiger partial charge in [0.05, 0.1) is 0 Å². The smallest absolute Gasteiger partial charge is 0.260 e. The maximum absolute atomic E-state index is 12.4. The molecule has 3 rings (SSSR count). The first-order valence-electron chi connectivity index (χ1n) is 9.43. The zero-order valence-corrected chi connectivity index (χ0v) is 15.6. The van der Waals surface area contributed by atoms with E-state index in [1.54, 1.807) is 0 Å². The third-order valence-electron chi connectivity index (χ3n) is 5.32. The van der Waals surface area contributed by atoms with Gasteiger partial charge in [0.1, 0.15) is 11.9 Å². The largest absolute Gasteiger partial charge is 0.483 e. The second-order valence-electron chi connectivity index (χ2n) is 7.15. The van der Waals surface area contributed by atoms with E-state index in [0.29, 0.717) is 19.7 Å². The molecular formula is C20H28N2O4. The predicted molar refractivity (Wildman–Crippen MR) is 98.1 cm³/mol. The highest BCUT2D eigenvalue weighted by Gasteiger charge is 2.28. The Bertz CT molecular complexity index is 647. The molecule has 1 aromatic carbocycles. The van der Waals surface area contributed by atoms with Gasteiger partial charge >= 0.3 is 0 Å². The maximum Gasteiger partial charge on any atom is 0.260 e. The van der Waals surface area contributed by atoms with Gasteiger partial charge in [0, 0.05) is 25.7 Å². The monoisotopic (exact) mass is 360 g/mol. The van der Waals surface area contributed by atoms with E-state index >= 15 is 0 Å². The third kappa shape index (κ3) is 4.55. The Morgan fingerprint density at radius 2 is 2.00 bits per heavy atom. The van der Waals surface area contributed by atoms with E-state index in [2.05, 4.69) is 5.32 Å². The van der Waals surface area contributed by atoms with Crippen molar-refractivity contribution in [1.29, 1.82) is 0 Å². The number of benzene rings is 1. The van der Waals surface area contributed by atoms with E-state index in [-0.39, 0.29) is 30.6 Å². The lowest BCUT2D eigenvalue weighted by Gasteiger charge is -2.32. The number of aryl methyl sites for hydroxylation is 1. The molecule has 0 bridgehead atoms. The summed E-state index contributed by atoms with van der Waals surface area (Å²) in [5.74, 6) is 0.748. The Kier molecular flexibility index (Phi) is 6.14. The van der Waals surface area contributed by atoms with Crippen LogP contribution in [0.5, 0.6) is 5.75 Å². The highest BCUT2D eigenvalue weighted by atomic mass is 16.5. The first kappa shape index (κ1) is 18.7. The van der Waals surface area contributed by atoms with Crippen molar-refractivity contribution >= 4 is 11.8 Å². The van der Waals surface area contributed by atoms with Gasteiger partial charge in [-0.3, -0.25) is 9.59 Å². The van der Waals surface area contributed by atoms with Crippen molar-refractivity contribution in [3.05, 3.63) is 29.3 Å². The van der Waals surface area contributed by atoms with Crippen LogP contribution in [0, 0.1) is 13.8 Å². The topological polar surface area (TPSA) is 67.9 Å². The summed E-state index contributed by atoms with van der Waals surface area (Å²) in [6, 6.07) is 5.97. The number of nitrogens with one attached hydrogen (secondary N) is 1. The molecule has 0 radical (unpaired) electrons. The van der Waals surface area contributed by atoms with Crippen molar-refractivity contribution in [2.45, 2.75) is 51.7 Å². The van der Waals surface area contributed by atoms with Crippen molar-refractivity contribution in [3.8, 4) is 5.75 Å². The van der Waals surface area contributed by atoms with Crippen molar-refractivity contribution in [2.24, 2.45) is 0 Å². The average Bonchev–Trinajstić information content (AvgIpc) is 3.18. The van der Waals surface area contributed by atoms with Crippen LogP contribution >= 0.6 is 0 Å². The van der Waals surface area contributed by atoms with Crippen molar-refractivity contribution in [3.63, 3.8) is 0 Å². The molecule has 6 nitrogen and oxygen atoms in total. The van der Waals surface area contributed by atoms with Gasteiger partial charge in [0.2, 0.25) is 5.91 Å². The Hall–Kier alpha value is -2.08. The van der Waals surface area contributed by atoms with Crippen LogP contribution in [0.15, 0.2) is 18.2 Å². The molecule has 0 aliphatic carbocycles. The second kappa shape index (κ2) is 8.54. The van der Waals surface area contributed by atoms with Crippen molar-refractivity contribution in [1.82, 2.24) is 10.2 Å². The van der Waals surface area contributed by atoms with Gasteiger partial charge in [0.25, 0.3) is 5.91 Å². The number of amides is 2. The second-order valence-corrected chi connectivity index (χ2v) is 7.15.